The summed E-state index contributed by atoms with van der Waals surface area (Å²) in [6.07, 6.45) is 11.0. The highest BCUT2D eigenvalue weighted by atomic mass is 32.2. The van der Waals surface area contributed by atoms with Crippen LogP contribution in [0.2, 0.25) is 0 Å². The van der Waals surface area contributed by atoms with Gasteiger partial charge in [-0.3, -0.25) is 28.9 Å². The van der Waals surface area contributed by atoms with E-state index in [1.807, 2.05) is 60.7 Å². The molecule has 2 aliphatic carbocycles. The topological polar surface area (TPSA) is 190 Å². The second-order valence-electron chi connectivity index (χ2n) is 15.4. The smallest absolute Gasteiger partial charge is 0.272 e. The van der Waals surface area contributed by atoms with Gasteiger partial charge in [-0.1, -0.05) is 61.4 Å². The molecular formula is C41H45N7O7S. The SMILES string of the molecule is Cc1cnc(C(=O)NC2CCCCCC=CC3CCC3(C(=O)NS(=O)(=O)C3CC3)NC(=O)C3CC(Oc4nc5ccccc5c5ccccc45)CN3C2=O)cn1. The minimum Gasteiger partial charge on any atom is -0.472 e. The lowest BCUT2D eigenvalue weighted by Crippen LogP contribution is -2.70. The Kier molecular flexibility index (Phi) is 10.2. The highest BCUT2D eigenvalue weighted by Crippen LogP contribution is 2.42. The summed E-state index contributed by atoms with van der Waals surface area (Å²) in [4.78, 5) is 71.4. The number of fused-ring (bicyclic) bond motifs is 5. The van der Waals surface area contributed by atoms with Crippen LogP contribution in [0.25, 0.3) is 21.7 Å². The van der Waals surface area contributed by atoms with Crippen molar-refractivity contribution in [1.29, 1.82) is 0 Å². The summed E-state index contributed by atoms with van der Waals surface area (Å²) in [5, 5.41) is 7.86. The van der Waals surface area contributed by atoms with Crippen LogP contribution in [0.3, 0.4) is 0 Å². The third kappa shape index (κ3) is 7.43. The van der Waals surface area contributed by atoms with Crippen LogP contribution in [-0.4, -0.2) is 87.4 Å². The standard InChI is InChI=1S/C41H45N7O7S/c1-25-22-43-34(23-42-25)36(49)44-33-16-6-4-2-3-5-11-26-19-20-41(26,40(52)47-56(53,54)28-17-18-28)46-37(50)35-21-27(24-48(35)39(33)51)55-38-31-14-8-7-12-29(31)30-13-9-10-15-32(30)45-38/h5,7-15,22-23,26-28,33,35H,2-4,6,16-21,24H2,1H3,(H,44,49)(H,46,50)(H,47,52). The number of sulfonamides is 1. The number of allylic oxidation sites excluding steroid dienone is 1. The monoisotopic (exact) mass is 779 g/mol. The molecule has 4 heterocycles. The van der Waals surface area contributed by atoms with Gasteiger partial charge < -0.3 is 20.3 Å². The Balaban J connectivity index is 1.14. The number of aryl methyl sites for hydroxylation is 1. The molecule has 14 nitrogen and oxygen atoms in total. The number of nitrogens with zero attached hydrogens (tertiary/aromatic N) is 4. The predicted molar refractivity (Wildman–Crippen MR) is 208 cm³/mol. The lowest BCUT2D eigenvalue weighted by molar-refractivity contribution is -0.144. The van der Waals surface area contributed by atoms with Gasteiger partial charge >= 0.3 is 0 Å². The van der Waals surface area contributed by atoms with Crippen LogP contribution < -0.4 is 20.1 Å². The Morgan fingerprint density at radius 2 is 1.70 bits per heavy atom. The number of nitrogens with one attached hydrogen (secondary N) is 3. The number of aromatic nitrogens is 3. The average Bonchev–Trinajstić information content (AvgIpc) is 3.97. The molecule has 4 amide bonds. The van der Waals surface area contributed by atoms with E-state index in [4.69, 9.17) is 9.72 Å². The number of carbonyl (C=O) groups excluding carboxylic acids is 4. The average molecular weight is 780 g/mol. The van der Waals surface area contributed by atoms with Gasteiger partial charge in [-0.05, 0) is 69.4 Å². The van der Waals surface area contributed by atoms with E-state index in [1.54, 1.807) is 6.92 Å². The van der Waals surface area contributed by atoms with E-state index in [9.17, 15) is 27.6 Å². The van der Waals surface area contributed by atoms with Gasteiger partial charge in [0.15, 0.2) is 0 Å². The molecule has 0 radical (unpaired) electrons. The summed E-state index contributed by atoms with van der Waals surface area (Å²) in [6, 6.07) is 13.3. The van der Waals surface area contributed by atoms with Crippen molar-refractivity contribution in [2.24, 2.45) is 5.92 Å². The van der Waals surface area contributed by atoms with Crippen LogP contribution in [0.4, 0.5) is 0 Å². The molecule has 2 saturated carbocycles. The highest BCUT2D eigenvalue weighted by Gasteiger charge is 2.56. The lowest BCUT2D eigenvalue weighted by atomic mass is 9.65. The van der Waals surface area contributed by atoms with E-state index in [0.717, 1.165) is 34.5 Å². The predicted octanol–water partition coefficient (Wildman–Crippen LogP) is 4.03. The van der Waals surface area contributed by atoms with Gasteiger partial charge in [0.1, 0.15) is 29.4 Å². The molecule has 3 fully saturated rings. The van der Waals surface area contributed by atoms with Crippen molar-refractivity contribution in [3.63, 3.8) is 0 Å². The first-order valence-electron chi connectivity index (χ1n) is 19.4. The third-order valence-electron chi connectivity index (χ3n) is 11.5. The summed E-state index contributed by atoms with van der Waals surface area (Å²) in [6.45, 7) is 1.75. The first kappa shape index (κ1) is 37.5. The Morgan fingerprint density at radius 1 is 0.929 bits per heavy atom. The second-order valence-corrected chi connectivity index (χ2v) is 17.3. The summed E-state index contributed by atoms with van der Waals surface area (Å²) in [5.41, 5.74) is -0.114. The van der Waals surface area contributed by atoms with Gasteiger partial charge in [-0.25, -0.2) is 18.4 Å². The fourth-order valence-electron chi connectivity index (χ4n) is 8.08. The molecule has 292 valence electrons. The lowest BCUT2D eigenvalue weighted by Gasteiger charge is -2.47. The van der Waals surface area contributed by atoms with Crippen LogP contribution in [0.5, 0.6) is 5.88 Å². The summed E-state index contributed by atoms with van der Waals surface area (Å²) in [5.74, 6) is -2.52. The zero-order valence-electron chi connectivity index (χ0n) is 31.1. The molecule has 0 spiro atoms. The van der Waals surface area contributed by atoms with E-state index in [-0.39, 0.29) is 25.1 Å². The van der Waals surface area contributed by atoms with Crippen molar-refractivity contribution in [3.8, 4) is 5.88 Å². The maximum Gasteiger partial charge on any atom is 0.272 e. The molecule has 2 aliphatic heterocycles. The fraction of sp³-hybridized carbons (Fsp3) is 0.439. The van der Waals surface area contributed by atoms with E-state index in [1.165, 1.54) is 17.3 Å². The molecule has 2 aromatic carbocycles. The zero-order chi connectivity index (χ0) is 39.0. The number of hydrogen-bond donors (Lipinski definition) is 3. The summed E-state index contributed by atoms with van der Waals surface area (Å²) in [7, 11) is -3.91. The largest absolute Gasteiger partial charge is 0.472 e. The molecule has 5 unspecified atom stereocenters. The Hall–Kier alpha value is -5.44. The first-order chi connectivity index (χ1) is 27.0. The molecule has 4 aromatic rings. The summed E-state index contributed by atoms with van der Waals surface area (Å²) < 4.78 is 34.8. The van der Waals surface area contributed by atoms with Crippen molar-refractivity contribution < 1.29 is 32.3 Å². The summed E-state index contributed by atoms with van der Waals surface area (Å²) >= 11 is 0. The maximum absolute atomic E-state index is 14.7. The normalized spacial score (nSPS) is 25.9. The van der Waals surface area contributed by atoms with Gasteiger partial charge in [0.05, 0.1) is 29.2 Å². The van der Waals surface area contributed by atoms with Crippen LogP contribution in [0.15, 0.2) is 73.1 Å². The van der Waals surface area contributed by atoms with E-state index in [2.05, 4.69) is 25.3 Å². The number of carbonyl (C=O) groups is 4. The molecule has 15 heteroatoms. The molecule has 1 saturated heterocycles. The number of pyridine rings is 1. The van der Waals surface area contributed by atoms with Crippen molar-refractivity contribution >= 4 is 55.3 Å². The number of benzene rings is 2. The Labute approximate surface area is 324 Å². The van der Waals surface area contributed by atoms with Gasteiger partial charge in [0.2, 0.25) is 27.7 Å². The highest BCUT2D eigenvalue weighted by molar-refractivity contribution is 7.91. The number of para-hydroxylation sites is 1. The van der Waals surface area contributed by atoms with Crippen LogP contribution in [0, 0.1) is 12.8 Å². The van der Waals surface area contributed by atoms with Crippen molar-refractivity contribution in [1.82, 2.24) is 35.2 Å². The van der Waals surface area contributed by atoms with Gasteiger partial charge in [-0.2, -0.15) is 0 Å². The number of ether oxygens (including phenoxy) is 1. The molecule has 56 heavy (non-hydrogen) atoms. The maximum atomic E-state index is 14.7. The minimum atomic E-state index is -3.91. The van der Waals surface area contributed by atoms with E-state index >= 15 is 0 Å². The Bertz CT molecular complexity index is 2330. The van der Waals surface area contributed by atoms with Crippen molar-refractivity contribution in [2.75, 3.05) is 6.54 Å². The fourth-order valence-corrected chi connectivity index (χ4v) is 9.45. The Morgan fingerprint density at radius 3 is 2.43 bits per heavy atom. The van der Waals surface area contributed by atoms with Crippen molar-refractivity contribution in [3.05, 3.63) is 84.5 Å². The van der Waals surface area contributed by atoms with E-state index < -0.39 is 68.5 Å². The van der Waals surface area contributed by atoms with Gasteiger partial charge in [0.25, 0.3) is 11.8 Å². The number of rotatable bonds is 7. The van der Waals surface area contributed by atoms with E-state index in [0.29, 0.717) is 50.1 Å². The molecule has 0 bridgehead atoms. The first-order valence-corrected chi connectivity index (χ1v) is 21.0. The molecule has 5 atom stereocenters. The quantitative estimate of drug-likeness (QED) is 0.183. The second kappa shape index (κ2) is 15.2. The molecule has 2 aromatic heterocycles. The minimum absolute atomic E-state index is 0.00491. The zero-order valence-corrected chi connectivity index (χ0v) is 32.0. The third-order valence-corrected chi connectivity index (χ3v) is 13.3. The van der Waals surface area contributed by atoms with Gasteiger partial charge in [-0.15, -0.1) is 0 Å². The molecule has 4 aliphatic rings. The van der Waals surface area contributed by atoms with Crippen LogP contribution in [-0.2, 0) is 24.4 Å². The molecule has 8 rings (SSSR count). The number of hydrogen-bond acceptors (Lipinski definition) is 10. The van der Waals surface area contributed by atoms with Gasteiger partial charge in [0, 0.05) is 29.3 Å². The number of amides is 4. The molecular weight excluding hydrogens is 735 g/mol. The molecule has 3 N–H and O–H groups in total. The van der Waals surface area contributed by atoms with Crippen LogP contribution >= 0.6 is 0 Å². The van der Waals surface area contributed by atoms with Crippen molar-refractivity contribution in [2.45, 2.75) is 100 Å². The van der Waals surface area contributed by atoms with Crippen LogP contribution in [0.1, 0.15) is 80.4 Å².